The van der Waals surface area contributed by atoms with Crippen molar-refractivity contribution in [2.24, 2.45) is 0 Å². The third-order valence-electron chi connectivity index (χ3n) is 1.10. The smallest absolute Gasteiger partial charge is 0.111 e. The van der Waals surface area contributed by atoms with Gasteiger partial charge in [0.05, 0.1) is 12.9 Å². The van der Waals surface area contributed by atoms with Gasteiger partial charge in [0.2, 0.25) is 0 Å². The van der Waals surface area contributed by atoms with Crippen molar-refractivity contribution >= 4 is 0 Å². The van der Waals surface area contributed by atoms with Crippen LogP contribution >= 0.6 is 0 Å². The average Bonchev–Trinajstić information content (AvgIpc) is 2.03. The van der Waals surface area contributed by atoms with E-state index in [1.165, 1.54) is 6.26 Å². The van der Waals surface area contributed by atoms with Crippen molar-refractivity contribution in [1.29, 1.82) is 0 Å². The minimum Gasteiger partial charge on any atom is -0.499 e. The second-order valence-electron chi connectivity index (χ2n) is 2.00. The largest absolute Gasteiger partial charge is 0.499 e. The van der Waals surface area contributed by atoms with E-state index in [-0.39, 0.29) is 0 Å². The lowest BCUT2D eigenvalue weighted by Gasteiger charge is -2.02. The Balaban J connectivity index is 2.74. The van der Waals surface area contributed by atoms with Crippen molar-refractivity contribution < 1.29 is 14.2 Å². The molecule has 3 heteroatoms. The molecule has 11 heavy (non-hydrogen) atoms. The molecule has 0 heterocycles. The number of rotatable bonds is 8. The molecule has 0 aliphatic carbocycles. The van der Waals surface area contributed by atoms with Gasteiger partial charge in [-0.3, -0.25) is 0 Å². The molecule has 0 aliphatic rings. The Hall–Kier alpha value is -0.540. The molecule has 0 saturated carbocycles. The van der Waals surface area contributed by atoms with Crippen LogP contribution in [0.1, 0.15) is 6.42 Å². The van der Waals surface area contributed by atoms with Crippen LogP contribution in [-0.2, 0) is 14.2 Å². The Kier molecular flexibility index (Phi) is 9.00. The van der Waals surface area contributed by atoms with Gasteiger partial charge in [-0.1, -0.05) is 6.58 Å². The lowest BCUT2D eigenvalue weighted by molar-refractivity contribution is 0.0697. The number of hydrogen-bond donors (Lipinski definition) is 0. The van der Waals surface area contributed by atoms with E-state index in [1.807, 2.05) is 0 Å². The van der Waals surface area contributed by atoms with Gasteiger partial charge in [0.25, 0.3) is 0 Å². The fourth-order valence-corrected chi connectivity index (χ4v) is 0.598. The normalized spacial score (nSPS) is 9.55. The second-order valence-corrected chi connectivity index (χ2v) is 2.00. The van der Waals surface area contributed by atoms with Gasteiger partial charge in [-0.2, -0.15) is 0 Å². The summed E-state index contributed by atoms with van der Waals surface area (Å²) in [5.41, 5.74) is 0. The zero-order chi connectivity index (χ0) is 8.36. The summed E-state index contributed by atoms with van der Waals surface area (Å²) >= 11 is 0. The third kappa shape index (κ3) is 9.46. The van der Waals surface area contributed by atoms with Crippen molar-refractivity contribution in [3.8, 4) is 0 Å². The van der Waals surface area contributed by atoms with Crippen molar-refractivity contribution in [1.82, 2.24) is 0 Å². The van der Waals surface area contributed by atoms with E-state index < -0.39 is 0 Å². The topological polar surface area (TPSA) is 27.7 Å². The summed E-state index contributed by atoms with van der Waals surface area (Å²) in [6.07, 6.45) is 2.35. The molecule has 66 valence electrons. The SMILES string of the molecule is C=COCCOCCCOC. The van der Waals surface area contributed by atoms with Crippen LogP contribution in [0.4, 0.5) is 0 Å². The molecule has 0 aliphatic heterocycles. The van der Waals surface area contributed by atoms with Crippen LogP contribution in [0, 0.1) is 0 Å². The Bertz CT molecular complexity index is 83.4. The molecule has 0 aromatic carbocycles. The highest BCUT2D eigenvalue weighted by Gasteiger charge is 1.87. The van der Waals surface area contributed by atoms with Gasteiger partial charge in [-0.15, -0.1) is 0 Å². The standard InChI is InChI=1S/C8H16O3/c1-3-10-7-8-11-6-4-5-9-2/h3H,1,4-8H2,2H3. The first-order valence-corrected chi connectivity index (χ1v) is 3.71. The van der Waals surface area contributed by atoms with Gasteiger partial charge in [0.15, 0.2) is 0 Å². The van der Waals surface area contributed by atoms with Crippen LogP contribution < -0.4 is 0 Å². The van der Waals surface area contributed by atoms with Gasteiger partial charge >= 0.3 is 0 Å². The monoisotopic (exact) mass is 160 g/mol. The zero-order valence-electron chi connectivity index (χ0n) is 7.04. The van der Waals surface area contributed by atoms with Crippen molar-refractivity contribution in [3.63, 3.8) is 0 Å². The van der Waals surface area contributed by atoms with Crippen LogP contribution in [0.2, 0.25) is 0 Å². The Labute approximate surface area is 67.9 Å². The van der Waals surface area contributed by atoms with Gasteiger partial charge in [-0.25, -0.2) is 0 Å². The minimum atomic E-state index is 0.580. The number of methoxy groups -OCH3 is 1. The molecule has 0 saturated heterocycles. The summed E-state index contributed by atoms with van der Waals surface area (Å²) in [6.45, 7) is 6.09. The third-order valence-corrected chi connectivity index (χ3v) is 1.10. The molecular formula is C8H16O3. The summed E-state index contributed by atoms with van der Waals surface area (Å²) < 4.78 is 14.9. The zero-order valence-corrected chi connectivity index (χ0v) is 7.04. The lowest BCUT2D eigenvalue weighted by atomic mass is 10.5. The molecule has 0 spiro atoms. The van der Waals surface area contributed by atoms with E-state index >= 15 is 0 Å². The molecule has 0 radical (unpaired) electrons. The van der Waals surface area contributed by atoms with Crippen LogP contribution in [0.5, 0.6) is 0 Å². The van der Waals surface area contributed by atoms with E-state index in [9.17, 15) is 0 Å². The first-order chi connectivity index (χ1) is 5.41. The highest BCUT2D eigenvalue weighted by atomic mass is 16.5. The Morgan fingerprint density at radius 3 is 2.64 bits per heavy atom. The second kappa shape index (κ2) is 9.46. The van der Waals surface area contributed by atoms with Crippen molar-refractivity contribution in [2.45, 2.75) is 6.42 Å². The molecule has 0 aromatic rings. The molecule has 0 N–H and O–H groups in total. The van der Waals surface area contributed by atoms with E-state index in [0.717, 1.165) is 19.6 Å². The maximum Gasteiger partial charge on any atom is 0.111 e. The molecule has 0 bridgehead atoms. The molecule has 0 fully saturated rings. The molecule has 0 aromatic heterocycles. The van der Waals surface area contributed by atoms with Gasteiger partial charge < -0.3 is 14.2 Å². The number of hydrogen-bond acceptors (Lipinski definition) is 3. The maximum atomic E-state index is 5.18. The van der Waals surface area contributed by atoms with Crippen LogP contribution in [0.15, 0.2) is 12.8 Å². The molecule has 3 nitrogen and oxygen atoms in total. The fourth-order valence-electron chi connectivity index (χ4n) is 0.598. The average molecular weight is 160 g/mol. The van der Waals surface area contributed by atoms with Crippen LogP contribution in [0.3, 0.4) is 0 Å². The van der Waals surface area contributed by atoms with Gasteiger partial charge in [0, 0.05) is 20.3 Å². The van der Waals surface area contributed by atoms with E-state index in [4.69, 9.17) is 14.2 Å². The molecular weight excluding hydrogens is 144 g/mol. The lowest BCUT2D eigenvalue weighted by Crippen LogP contribution is -2.04. The summed E-state index contributed by atoms with van der Waals surface area (Å²) in [5.74, 6) is 0. The van der Waals surface area contributed by atoms with Crippen LogP contribution in [-0.4, -0.2) is 33.5 Å². The highest BCUT2D eigenvalue weighted by Crippen LogP contribution is 1.83. The molecule has 0 rings (SSSR count). The fraction of sp³-hybridized carbons (Fsp3) is 0.750. The first-order valence-electron chi connectivity index (χ1n) is 3.71. The van der Waals surface area contributed by atoms with E-state index in [1.54, 1.807) is 7.11 Å². The van der Waals surface area contributed by atoms with Crippen molar-refractivity contribution in [2.75, 3.05) is 33.5 Å². The molecule has 0 unspecified atom stereocenters. The highest BCUT2D eigenvalue weighted by molar-refractivity contribution is 4.47. The van der Waals surface area contributed by atoms with E-state index in [2.05, 4.69) is 6.58 Å². The molecule has 0 atom stereocenters. The van der Waals surface area contributed by atoms with Gasteiger partial charge in [-0.05, 0) is 6.42 Å². The predicted molar refractivity (Wildman–Crippen MR) is 43.5 cm³/mol. The molecule has 0 amide bonds. The summed E-state index contributed by atoms with van der Waals surface area (Å²) in [4.78, 5) is 0. The first kappa shape index (κ1) is 10.5. The Morgan fingerprint density at radius 2 is 2.00 bits per heavy atom. The van der Waals surface area contributed by atoms with E-state index in [0.29, 0.717) is 13.2 Å². The quantitative estimate of drug-likeness (QED) is 0.394. The summed E-state index contributed by atoms with van der Waals surface area (Å²) in [6, 6.07) is 0. The number of ether oxygens (including phenoxy) is 3. The summed E-state index contributed by atoms with van der Waals surface area (Å²) in [5, 5.41) is 0. The van der Waals surface area contributed by atoms with Gasteiger partial charge in [0.1, 0.15) is 6.61 Å². The van der Waals surface area contributed by atoms with Crippen LogP contribution in [0.25, 0.3) is 0 Å². The summed E-state index contributed by atoms with van der Waals surface area (Å²) in [7, 11) is 1.68. The Morgan fingerprint density at radius 1 is 1.18 bits per heavy atom. The maximum absolute atomic E-state index is 5.18. The minimum absolute atomic E-state index is 0.580. The predicted octanol–water partition coefficient (Wildman–Crippen LogP) is 1.20. The van der Waals surface area contributed by atoms with Crippen molar-refractivity contribution in [3.05, 3.63) is 12.8 Å².